The summed E-state index contributed by atoms with van der Waals surface area (Å²) in [5.74, 6) is 0. The molecule has 0 aliphatic heterocycles. The van der Waals surface area contributed by atoms with Gasteiger partial charge in [0.05, 0.1) is 10.5 Å². The van der Waals surface area contributed by atoms with Gasteiger partial charge in [0.25, 0.3) is 0 Å². The fraction of sp³-hybridized carbons (Fsp3) is 0. The van der Waals surface area contributed by atoms with E-state index in [9.17, 15) is 0 Å². The third-order valence-electron chi connectivity index (χ3n) is 2.69. The highest BCUT2D eigenvalue weighted by Gasteiger charge is 2.09. The SMILES string of the molecule is Clc1cc(Cl)c2cc(Br)c3ccccc3c2n1. The smallest absolute Gasteiger partial charge is 0.131 e. The standard InChI is InChI=1S/C13H6BrCl2N/c14-10-5-9-11(15)6-12(16)17-13(9)8-4-2-1-3-7(8)10/h1-6H. The van der Waals surface area contributed by atoms with Gasteiger partial charge in [-0.3, -0.25) is 0 Å². The van der Waals surface area contributed by atoms with Gasteiger partial charge in [-0.1, -0.05) is 63.4 Å². The Balaban J connectivity index is 2.63. The molecule has 0 aliphatic rings. The first-order chi connectivity index (χ1) is 8.16. The van der Waals surface area contributed by atoms with Crippen LogP contribution in [0.5, 0.6) is 0 Å². The minimum absolute atomic E-state index is 0.412. The molecular weight excluding hydrogens is 321 g/mol. The van der Waals surface area contributed by atoms with Crippen molar-refractivity contribution < 1.29 is 0 Å². The quantitative estimate of drug-likeness (QED) is 0.395. The lowest BCUT2D eigenvalue weighted by Gasteiger charge is -2.07. The molecule has 0 spiro atoms. The highest BCUT2D eigenvalue weighted by atomic mass is 79.9. The van der Waals surface area contributed by atoms with Crippen molar-refractivity contribution in [2.24, 2.45) is 0 Å². The zero-order valence-electron chi connectivity index (χ0n) is 8.55. The normalized spacial score (nSPS) is 11.2. The number of rotatable bonds is 0. The van der Waals surface area contributed by atoms with E-state index in [1.54, 1.807) is 6.07 Å². The number of nitrogens with zero attached hydrogens (tertiary/aromatic N) is 1. The Morgan fingerprint density at radius 3 is 2.41 bits per heavy atom. The van der Waals surface area contributed by atoms with Crippen LogP contribution in [0, 0.1) is 0 Å². The van der Waals surface area contributed by atoms with Gasteiger partial charge in [0.2, 0.25) is 0 Å². The third kappa shape index (κ3) is 1.81. The second kappa shape index (κ2) is 4.13. The summed E-state index contributed by atoms with van der Waals surface area (Å²) in [5, 5.41) is 4.08. The van der Waals surface area contributed by atoms with Crippen LogP contribution in [-0.4, -0.2) is 4.98 Å². The number of benzene rings is 2. The van der Waals surface area contributed by atoms with Crippen LogP contribution in [0.3, 0.4) is 0 Å². The highest BCUT2D eigenvalue weighted by molar-refractivity contribution is 9.10. The second-order valence-electron chi connectivity index (χ2n) is 3.73. The highest BCUT2D eigenvalue weighted by Crippen LogP contribution is 2.35. The maximum absolute atomic E-state index is 6.19. The maximum Gasteiger partial charge on any atom is 0.131 e. The monoisotopic (exact) mass is 325 g/mol. The number of pyridine rings is 1. The molecule has 0 fully saturated rings. The summed E-state index contributed by atoms with van der Waals surface area (Å²) in [5.41, 5.74) is 0.835. The third-order valence-corrected chi connectivity index (χ3v) is 3.85. The molecule has 0 saturated heterocycles. The minimum atomic E-state index is 0.412. The largest absolute Gasteiger partial charge is 0.235 e. The summed E-state index contributed by atoms with van der Waals surface area (Å²) in [6.45, 7) is 0. The maximum atomic E-state index is 6.19. The van der Waals surface area contributed by atoms with Crippen molar-refractivity contribution in [2.45, 2.75) is 0 Å². The Labute approximate surface area is 116 Å². The van der Waals surface area contributed by atoms with Crippen molar-refractivity contribution in [3.8, 4) is 0 Å². The van der Waals surface area contributed by atoms with Crippen molar-refractivity contribution >= 4 is 60.8 Å². The number of fused-ring (bicyclic) bond motifs is 3. The summed E-state index contributed by atoms with van der Waals surface area (Å²) in [4.78, 5) is 4.37. The number of hydrogen-bond donors (Lipinski definition) is 0. The number of hydrogen-bond acceptors (Lipinski definition) is 1. The lowest BCUT2D eigenvalue weighted by atomic mass is 10.1. The molecule has 0 bridgehead atoms. The van der Waals surface area contributed by atoms with Gasteiger partial charge in [-0.15, -0.1) is 0 Å². The van der Waals surface area contributed by atoms with Crippen molar-refractivity contribution in [2.75, 3.05) is 0 Å². The van der Waals surface area contributed by atoms with E-state index < -0.39 is 0 Å². The average molecular weight is 327 g/mol. The van der Waals surface area contributed by atoms with Gasteiger partial charge in [-0.2, -0.15) is 0 Å². The summed E-state index contributed by atoms with van der Waals surface area (Å²) in [6.07, 6.45) is 0. The molecule has 84 valence electrons. The molecule has 0 unspecified atom stereocenters. The van der Waals surface area contributed by atoms with E-state index in [1.807, 2.05) is 30.3 Å². The molecule has 0 N–H and O–H groups in total. The molecule has 2 aromatic carbocycles. The van der Waals surface area contributed by atoms with Crippen LogP contribution >= 0.6 is 39.1 Å². The fourth-order valence-electron chi connectivity index (χ4n) is 1.94. The van der Waals surface area contributed by atoms with Crippen LogP contribution in [0.2, 0.25) is 10.2 Å². The summed E-state index contributed by atoms with van der Waals surface area (Å²) >= 11 is 15.7. The lowest BCUT2D eigenvalue weighted by Crippen LogP contribution is -1.85. The van der Waals surface area contributed by atoms with Gasteiger partial charge in [0.1, 0.15) is 5.15 Å². The van der Waals surface area contributed by atoms with Crippen LogP contribution in [0.25, 0.3) is 21.7 Å². The molecule has 0 saturated carbocycles. The van der Waals surface area contributed by atoms with E-state index in [1.165, 1.54) is 0 Å². The molecule has 1 nitrogen and oxygen atoms in total. The van der Waals surface area contributed by atoms with Crippen LogP contribution in [-0.2, 0) is 0 Å². The lowest BCUT2D eigenvalue weighted by molar-refractivity contribution is 1.42. The zero-order valence-corrected chi connectivity index (χ0v) is 11.6. The topological polar surface area (TPSA) is 12.9 Å². The van der Waals surface area contributed by atoms with Crippen molar-refractivity contribution in [3.63, 3.8) is 0 Å². The molecule has 17 heavy (non-hydrogen) atoms. The Morgan fingerprint density at radius 1 is 0.941 bits per heavy atom. The van der Waals surface area contributed by atoms with Gasteiger partial charge >= 0.3 is 0 Å². The number of halogens is 3. The van der Waals surface area contributed by atoms with Gasteiger partial charge in [-0.05, 0) is 17.5 Å². The molecule has 1 aromatic heterocycles. The summed E-state index contributed by atoms with van der Waals surface area (Å²) in [6, 6.07) is 11.7. The van der Waals surface area contributed by atoms with Gasteiger partial charge in [-0.25, -0.2) is 4.98 Å². The molecule has 0 radical (unpaired) electrons. The molecular formula is C13H6BrCl2N. The fourth-order valence-corrected chi connectivity index (χ4v) is 3.01. The van der Waals surface area contributed by atoms with E-state index in [0.717, 1.165) is 26.1 Å². The van der Waals surface area contributed by atoms with E-state index in [4.69, 9.17) is 23.2 Å². The molecule has 0 amide bonds. The Hall–Kier alpha value is -0.830. The van der Waals surface area contributed by atoms with Crippen LogP contribution in [0.4, 0.5) is 0 Å². The van der Waals surface area contributed by atoms with Crippen LogP contribution in [0.1, 0.15) is 0 Å². The van der Waals surface area contributed by atoms with Crippen LogP contribution < -0.4 is 0 Å². The van der Waals surface area contributed by atoms with Gasteiger partial charge < -0.3 is 0 Å². The Morgan fingerprint density at radius 2 is 1.65 bits per heavy atom. The first-order valence-corrected chi connectivity index (χ1v) is 6.55. The first kappa shape index (κ1) is 11.3. The molecule has 4 heteroatoms. The van der Waals surface area contributed by atoms with E-state index in [-0.39, 0.29) is 0 Å². The first-order valence-electron chi connectivity index (χ1n) is 5.00. The number of aromatic nitrogens is 1. The van der Waals surface area contributed by atoms with Crippen LogP contribution in [0.15, 0.2) is 40.9 Å². The van der Waals surface area contributed by atoms with Crippen molar-refractivity contribution in [1.82, 2.24) is 4.98 Å². The van der Waals surface area contributed by atoms with Crippen molar-refractivity contribution in [3.05, 3.63) is 51.0 Å². The Kier molecular flexibility index (Phi) is 2.74. The molecule has 0 atom stereocenters. The Bertz CT molecular complexity index is 740. The van der Waals surface area contributed by atoms with Crippen molar-refractivity contribution in [1.29, 1.82) is 0 Å². The predicted octanol–water partition coefficient (Wildman–Crippen LogP) is 5.46. The van der Waals surface area contributed by atoms with E-state index >= 15 is 0 Å². The molecule has 1 heterocycles. The molecule has 0 aliphatic carbocycles. The van der Waals surface area contributed by atoms with E-state index in [0.29, 0.717) is 10.2 Å². The molecule has 3 rings (SSSR count). The predicted molar refractivity (Wildman–Crippen MR) is 77.0 cm³/mol. The van der Waals surface area contributed by atoms with Gasteiger partial charge in [0.15, 0.2) is 0 Å². The average Bonchev–Trinajstić information content (AvgIpc) is 2.31. The second-order valence-corrected chi connectivity index (χ2v) is 5.38. The van der Waals surface area contributed by atoms with Gasteiger partial charge in [0, 0.05) is 15.2 Å². The summed E-state index contributed by atoms with van der Waals surface area (Å²) < 4.78 is 1.01. The molecule has 3 aromatic rings. The minimum Gasteiger partial charge on any atom is -0.235 e. The zero-order chi connectivity index (χ0) is 12.0. The summed E-state index contributed by atoms with van der Waals surface area (Å²) in [7, 11) is 0. The van der Waals surface area contributed by atoms with E-state index in [2.05, 4.69) is 20.9 Å².